The second-order valence-electron chi connectivity index (χ2n) is 4.49. The van der Waals surface area contributed by atoms with Gasteiger partial charge in [0.05, 0.1) is 20.6 Å². The molecular formula is C15H20O4. The van der Waals surface area contributed by atoms with Crippen LogP contribution in [-0.2, 0) is 16.0 Å². The molecule has 0 fully saturated rings. The van der Waals surface area contributed by atoms with Crippen molar-refractivity contribution in [2.24, 2.45) is 0 Å². The summed E-state index contributed by atoms with van der Waals surface area (Å²) >= 11 is 0. The molecule has 0 unspecified atom stereocenters. The molecule has 0 saturated heterocycles. The van der Waals surface area contributed by atoms with Crippen molar-refractivity contribution in [1.29, 1.82) is 0 Å². The maximum atomic E-state index is 11.4. The molecule has 0 spiro atoms. The van der Waals surface area contributed by atoms with Crippen LogP contribution in [0.25, 0.3) is 0 Å². The Hall–Kier alpha value is -1.84. The highest BCUT2D eigenvalue weighted by atomic mass is 16.5. The quantitative estimate of drug-likeness (QED) is 0.677. The third-order valence-corrected chi connectivity index (χ3v) is 2.78. The molecule has 0 aliphatic rings. The van der Waals surface area contributed by atoms with Crippen LogP contribution in [0, 0.1) is 0 Å². The number of ether oxygens (including phenoxy) is 2. The summed E-state index contributed by atoms with van der Waals surface area (Å²) in [4.78, 5) is 22.2. The van der Waals surface area contributed by atoms with Crippen LogP contribution in [0.3, 0.4) is 0 Å². The van der Waals surface area contributed by atoms with Crippen LogP contribution >= 0.6 is 0 Å². The minimum Gasteiger partial charge on any atom is -0.497 e. The Balaban J connectivity index is 2.53. The predicted octanol–water partition coefficient (Wildman–Crippen LogP) is 2.57. The number of carbonyl (C=O) groups excluding carboxylic acids is 2. The molecule has 1 rings (SSSR count). The fourth-order valence-corrected chi connectivity index (χ4v) is 1.87. The Labute approximate surface area is 113 Å². The van der Waals surface area contributed by atoms with E-state index in [0.29, 0.717) is 6.42 Å². The molecule has 0 saturated carbocycles. The molecule has 1 aromatic carbocycles. The van der Waals surface area contributed by atoms with Crippen LogP contribution in [0.1, 0.15) is 31.7 Å². The van der Waals surface area contributed by atoms with Crippen molar-refractivity contribution in [3.63, 3.8) is 0 Å². The van der Waals surface area contributed by atoms with Gasteiger partial charge in [-0.05, 0) is 37.5 Å². The normalized spacial score (nSPS) is 10.1. The molecule has 0 amide bonds. The van der Waals surface area contributed by atoms with E-state index in [1.165, 1.54) is 6.92 Å². The summed E-state index contributed by atoms with van der Waals surface area (Å²) in [7, 11) is 3.21. The first-order chi connectivity index (χ1) is 9.05. The van der Waals surface area contributed by atoms with E-state index in [4.69, 9.17) is 9.47 Å². The van der Waals surface area contributed by atoms with Crippen molar-refractivity contribution >= 4 is 11.6 Å². The summed E-state index contributed by atoms with van der Waals surface area (Å²) in [6.45, 7) is 1.44. The molecular weight excluding hydrogens is 244 g/mol. The van der Waals surface area contributed by atoms with Gasteiger partial charge in [-0.15, -0.1) is 0 Å². The Kier molecular flexibility index (Phi) is 6.06. The van der Waals surface area contributed by atoms with Gasteiger partial charge in [-0.3, -0.25) is 9.59 Å². The molecule has 0 bridgehead atoms. The van der Waals surface area contributed by atoms with Gasteiger partial charge < -0.3 is 9.47 Å². The summed E-state index contributed by atoms with van der Waals surface area (Å²) in [6, 6.07) is 5.67. The van der Waals surface area contributed by atoms with Crippen molar-refractivity contribution in [3.05, 3.63) is 23.8 Å². The average Bonchev–Trinajstić information content (AvgIpc) is 2.37. The lowest BCUT2D eigenvalue weighted by Crippen LogP contribution is -2.04. The number of hydrogen-bond acceptors (Lipinski definition) is 4. The number of ketones is 2. The zero-order valence-electron chi connectivity index (χ0n) is 11.7. The molecule has 0 aromatic heterocycles. The van der Waals surface area contributed by atoms with E-state index in [-0.39, 0.29) is 18.0 Å². The van der Waals surface area contributed by atoms with Crippen molar-refractivity contribution in [2.75, 3.05) is 14.2 Å². The Morgan fingerprint density at radius 2 is 1.63 bits per heavy atom. The number of hydrogen-bond donors (Lipinski definition) is 0. The molecule has 0 radical (unpaired) electrons. The van der Waals surface area contributed by atoms with E-state index >= 15 is 0 Å². The van der Waals surface area contributed by atoms with Gasteiger partial charge in [0, 0.05) is 12.5 Å². The maximum absolute atomic E-state index is 11.4. The summed E-state index contributed by atoms with van der Waals surface area (Å²) in [5.74, 6) is 1.41. The zero-order valence-corrected chi connectivity index (χ0v) is 11.7. The number of carbonyl (C=O) groups is 2. The van der Waals surface area contributed by atoms with Crippen molar-refractivity contribution in [3.8, 4) is 11.5 Å². The van der Waals surface area contributed by atoms with Crippen LogP contribution in [0.15, 0.2) is 18.2 Å². The van der Waals surface area contributed by atoms with Crippen molar-refractivity contribution in [2.45, 2.75) is 32.6 Å². The standard InChI is InChI=1S/C15H20O4/c1-11(16)7-13(17)6-4-5-12-8-14(18-2)10-15(9-12)19-3/h8-10H,4-7H2,1-3H3. The smallest absolute Gasteiger partial charge is 0.140 e. The van der Waals surface area contributed by atoms with Gasteiger partial charge >= 0.3 is 0 Å². The largest absolute Gasteiger partial charge is 0.497 e. The average molecular weight is 264 g/mol. The van der Waals surface area contributed by atoms with Gasteiger partial charge in [-0.2, -0.15) is 0 Å². The number of methoxy groups -OCH3 is 2. The SMILES string of the molecule is COc1cc(CCCC(=O)CC(C)=O)cc(OC)c1. The summed E-state index contributed by atoms with van der Waals surface area (Å²) in [5.41, 5.74) is 1.06. The lowest BCUT2D eigenvalue weighted by Gasteiger charge is -2.08. The summed E-state index contributed by atoms with van der Waals surface area (Å²) < 4.78 is 10.4. The van der Waals surface area contributed by atoms with Gasteiger partial charge in [0.15, 0.2) is 0 Å². The highest BCUT2D eigenvalue weighted by Gasteiger charge is 2.06. The summed E-state index contributed by atoms with van der Waals surface area (Å²) in [6.07, 6.45) is 1.96. The Bertz CT molecular complexity index is 429. The maximum Gasteiger partial charge on any atom is 0.140 e. The van der Waals surface area contributed by atoms with Crippen LogP contribution in [-0.4, -0.2) is 25.8 Å². The monoisotopic (exact) mass is 264 g/mol. The van der Waals surface area contributed by atoms with Gasteiger partial charge in [0.25, 0.3) is 0 Å². The number of rotatable bonds is 8. The summed E-state index contributed by atoms with van der Waals surface area (Å²) in [5, 5.41) is 0. The van der Waals surface area contributed by atoms with Gasteiger partial charge in [-0.25, -0.2) is 0 Å². The number of aryl methyl sites for hydroxylation is 1. The molecule has 0 aliphatic carbocycles. The van der Waals surface area contributed by atoms with Crippen LogP contribution < -0.4 is 9.47 Å². The topological polar surface area (TPSA) is 52.6 Å². The minimum absolute atomic E-state index is 0.00219. The molecule has 0 N–H and O–H groups in total. The molecule has 4 heteroatoms. The first-order valence-corrected chi connectivity index (χ1v) is 6.28. The van der Waals surface area contributed by atoms with Gasteiger partial charge in [-0.1, -0.05) is 0 Å². The molecule has 1 aromatic rings. The van der Waals surface area contributed by atoms with Crippen LogP contribution in [0.4, 0.5) is 0 Å². The highest BCUT2D eigenvalue weighted by molar-refractivity contribution is 5.97. The fourth-order valence-electron chi connectivity index (χ4n) is 1.87. The number of benzene rings is 1. The molecule has 0 atom stereocenters. The molecule has 19 heavy (non-hydrogen) atoms. The lowest BCUT2D eigenvalue weighted by molar-refractivity contribution is -0.125. The van der Waals surface area contributed by atoms with Crippen LogP contribution in [0.5, 0.6) is 11.5 Å². The molecule has 104 valence electrons. The molecule has 0 aliphatic heterocycles. The van der Waals surface area contributed by atoms with E-state index in [0.717, 1.165) is 29.9 Å². The van der Waals surface area contributed by atoms with Crippen LogP contribution in [0.2, 0.25) is 0 Å². The van der Waals surface area contributed by atoms with E-state index in [1.54, 1.807) is 14.2 Å². The van der Waals surface area contributed by atoms with Crippen molar-refractivity contribution < 1.29 is 19.1 Å². The van der Waals surface area contributed by atoms with E-state index < -0.39 is 0 Å². The lowest BCUT2D eigenvalue weighted by atomic mass is 10.0. The molecule has 0 heterocycles. The Morgan fingerprint density at radius 1 is 1.05 bits per heavy atom. The van der Waals surface area contributed by atoms with E-state index in [1.807, 2.05) is 18.2 Å². The third kappa shape index (κ3) is 5.55. The first-order valence-electron chi connectivity index (χ1n) is 6.28. The van der Waals surface area contributed by atoms with E-state index in [9.17, 15) is 9.59 Å². The predicted molar refractivity (Wildman–Crippen MR) is 72.8 cm³/mol. The first kappa shape index (κ1) is 15.2. The fraction of sp³-hybridized carbons (Fsp3) is 0.467. The van der Waals surface area contributed by atoms with E-state index in [2.05, 4.69) is 0 Å². The zero-order chi connectivity index (χ0) is 14.3. The highest BCUT2D eigenvalue weighted by Crippen LogP contribution is 2.23. The second kappa shape index (κ2) is 7.56. The van der Waals surface area contributed by atoms with Gasteiger partial charge in [0.1, 0.15) is 23.1 Å². The Morgan fingerprint density at radius 3 is 2.11 bits per heavy atom. The number of Topliss-reactive ketones (excluding diaryl/α,β-unsaturated/α-hetero) is 2. The van der Waals surface area contributed by atoms with Crippen molar-refractivity contribution in [1.82, 2.24) is 0 Å². The minimum atomic E-state index is -0.0759. The third-order valence-electron chi connectivity index (χ3n) is 2.78. The second-order valence-corrected chi connectivity index (χ2v) is 4.49. The molecule has 4 nitrogen and oxygen atoms in total. The van der Waals surface area contributed by atoms with Gasteiger partial charge in [0.2, 0.25) is 0 Å².